The van der Waals surface area contributed by atoms with E-state index in [-0.39, 0.29) is 11.9 Å². The minimum Gasteiger partial charge on any atom is -0.494 e. The number of aromatic amines is 1. The molecule has 33 heavy (non-hydrogen) atoms. The lowest BCUT2D eigenvalue weighted by Crippen LogP contribution is -2.29. The largest absolute Gasteiger partial charge is 0.494 e. The molecule has 1 aromatic heterocycles. The van der Waals surface area contributed by atoms with Crippen molar-refractivity contribution in [1.29, 1.82) is 0 Å². The highest BCUT2D eigenvalue weighted by atomic mass is 35.5. The maximum atomic E-state index is 13.5. The molecule has 0 fully saturated rings. The quantitative estimate of drug-likeness (QED) is 0.356. The van der Waals surface area contributed by atoms with Crippen molar-refractivity contribution in [3.63, 3.8) is 0 Å². The fourth-order valence-corrected chi connectivity index (χ4v) is 4.41. The molecule has 5 nitrogen and oxygen atoms in total. The molecular formula is C27H24ClN3O2. The summed E-state index contributed by atoms with van der Waals surface area (Å²) in [6, 6.07) is 25.3. The Morgan fingerprint density at radius 3 is 2.42 bits per heavy atom. The van der Waals surface area contributed by atoms with Gasteiger partial charge < -0.3 is 9.64 Å². The molecule has 1 aliphatic heterocycles. The Labute approximate surface area is 198 Å². The minimum absolute atomic E-state index is 0.0575. The Bertz CT molecular complexity index is 1250. The van der Waals surface area contributed by atoms with Gasteiger partial charge in [0.25, 0.3) is 5.91 Å². The molecule has 0 saturated carbocycles. The van der Waals surface area contributed by atoms with Gasteiger partial charge in [0, 0.05) is 22.7 Å². The lowest BCUT2D eigenvalue weighted by atomic mass is 9.96. The summed E-state index contributed by atoms with van der Waals surface area (Å²) in [5.74, 6) is 0.766. The van der Waals surface area contributed by atoms with Gasteiger partial charge >= 0.3 is 0 Å². The zero-order chi connectivity index (χ0) is 22.8. The van der Waals surface area contributed by atoms with E-state index in [9.17, 15) is 4.79 Å². The van der Waals surface area contributed by atoms with Gasteiger partial charge in [-0.25, -0.2) is 0 Å². The molecule has 0 saturated heterocycles. The van der Waals surface area contributed by atoms with Crippen LogP contribution in [-0.2, 0) is 6.54 Å². The number of carbonyl (C=O) groups is 1. The van der Waals surface area contributed by atoms with Crippen LogP contribution in [-0.4, -0.2) is 27.6 Å². The number of carbonyl (C=O) groups excluding carboxylic acids is 1. The van der Waals surface area contributed by atoms with Crippen molar-refractivity contribution in [2.75, 3.05) is 6.61 Å². The van der Waals surface area contributed by atoms with Crippen LogP contribution in [0.25, 0.3) is 11.3 Å². The van der Waals surface area contributed by atoms with Crippen LogP contribution in [0, 0.1) is 0 Å². The van der Waals surface area contributed by atoms with Crippen LogP contribution in [0.3, 0.4) is 0 Å². The van der Waals surface area contributed by atoms with E-state index >= 15 is 0 Å². The zero-order valence-corrected chi connectivity index (χ0v) is 19.0. The molecular weight excluding hydrogens is 434 g/mol. The Balaban J connectivity index is 1.58. The lowest BCUT2D eigenvalue weighted by molar-refractivity contribution is 0.0730. The molecule has 4 aromatic rings. The minimum atomic E-state index is -0.266. The topological polar surface area (TPSA) is 58.2 Å². The molecule has 0 aliphatic carbocycles. The number of H-pyrrole nitrogens is 1. The maximum absolute atomic E-state index is 13.5. The average Bonchev–Trinajstić information content (AvgIpc) is 3.39. The second-order valence-corrected chi connectivity index (χ2v) is 8.54. The van der Waals surface area contributed by atoms with Crippen molar-refractivity contribution in [1.82, 2.24) is 15.1 Å². The summed E-state index contributed by atoms with van der Waals surface area (Å²) in [6.45, 7) is 3.26. The summed E-state index contributed by atoms with van der Waals surface area (Å²) in [5.41, 5.74) is 5.19. The third-order valence-corrected chi connectivity index (χ3v) is 6.10. The number of nitrogens with one attached hydrogen (secondary N) is 1. The third-order valence-electron chi connectivity index (χ3n) is 5.85. The highest BCUT2D eigenvalue weighted by Gasteiger charge is 2.42. The smallest absolute Gasteiger partial charge is 0.273 e. The van der Waals surface area contributed by atoms with Crippen LogP contribution in [0.15, 0.2) is 78.9 Å². The first kappa shape index (κ1) is 21.3. The molecule has 0 bridgehead atoms. The highest BCUT2D eigenvalue weighted by Crippen LogP contribution is 2.43. The third kappa shape index (κ3) is 4.12. The number of aromatic nitrogens is 2. The van der Waals surface area contributed by atoms with Crippen molar-refractivity contribution in [3.05, 3.63) is 106 Å². The Kier molecular flexibility index (Phi) is 5.88. The van der Waals surface area contributed by atoms with E-state index in [4.69, 9.17) is 16.3 Å². The maximum Gasteiger partial charge on any atom is 0.273 e. The predicted octanol–water partition coefficient (Wildman–Crippen LogP) is 6.26. The number of nitrogens with zero attached hydrogens (tertiary/aromatic N) is 2. The van der Waals surface area contributed by atoms with Gasteiger partial charge in [0.1, 0.15) is 11.4 Å². The van der Waals surface area contributed by atoms with Crippen LogP contribution in [0.5, 0.6) is 5.75 Å². The van der Waals surface area contributed by atoms with E-state index in [0.717, 1.165) is 40.1 Å². The number of amides is 1. The number of rotatable bonds is 7. The normalized spacial score (nSPS) is 15.0. The monoisotopic (exact) mass is 457 g/mol. The summed E-state index contributed by atoms with van der Waals surface area (Å²) in [7, 11) is 0. The van der Waals surface area contributed by atoms with Gasteiger partial charge in [-0.2, -0.15) is 5.10 Å². The van der Waals surface area contributed by atoms with E-state index in [2.05, 4.69) is 17.1 Å². The first-order chi connectivity index (χ1) is 16.2. The number of benzene rings is 3. The van der Waals surface area contributed by atoms with Crippen LogP contribution in [0.2, 0.25) is 5.02 Å². The Morgan fingerprint density at radius 1 is 1.00 bits per heavy atom. The van der Waals surface area contributed by atoms with Crippen molar-refractivity contribution in [3.8, 4) is 17.0 Å². The van der Waals surface area contributed by atoms with Gasteiger partial charge in [0.15, 0.2) is 0 Å². The molecule has 1 unspecified atom stereocenters. The SMILES string of the molecule is CCCOc1ccc(C2c3c(-c4ccc(Cl)cc4)n[nH]c3C(=O)N2Cc2ccccc2)cc1. The molecule has 1 atom stereocenters. The molecule has 5 rings (SSSR count). The number of hydrogen-bond acceptors (Lipinski definition) is 3. The summed E-state index contributed by atoms with van der Waals surface area (Å²) < 4.78 is 5.76. The number of hydrogen-bond donors (Lipinski definition) is 1. The first-order valence-corrected chi connectivity index (χ1v) is 11.5. The van der Waals surface area contributed by atoms with Crippen LogP contribution < -0.4 is 4.74 Å². The van der Waals surface area contributed by atoms with Crippen molar-refractivity contribution in [2.24, 2.45) is 0 Å². The van der Waals surface area contributed by atoms with E-state index in [1.807, 2.05) is 83.8 Å². The van der Waals surface area contributed by atoms with Crippen molar-refractivity contribution < 1.29 is 9.53 Å². The summed E-state index contributed by atoms with van der Waals surface area (Å²) in [4.78, 5) is 15.4. The first-order valence-electron chi connectivity index (χ1n) is 11.1. The van der Waals surface area contributed by atoms with E-state index in [1.54, 1.807) is 0 Å². The Morgan fingerprint density at radius 2 is 1.73 bits per heavy atom. The molecule has 6 heteroatoms. The van der Waals surface area contributed by atoms with Crippen molar-refractivity contribution >= 4 is 17.5 Å². The fraction of sp³-hybridized carbons (Fsp3) is 0.185. The Hall–Kier alpha value is -3.57. The number of halogens is 1. The molecule has 0 radical (unpaired) electrons. The molecule has 2 heterocycles. The van der Waals surface area contributed by atoms with Gasteiger partial charge in [0.05, 0.1) is 18.3 Å². The van der Waals surface area contributed by atoms with E-state index in [1.165, 1.54) is 0 Å². The fourth-order valence-electron chi connectivity index (χ4n) is 4.28. The zero-order valence-electron chi connectivity index (χ0n) is 18.3. The standard InChI is InChI=1S/C27H24ClN3O2/c1-2-16-33-22-14-10-20(11-15-22)26-23-24(19-8-12-21(28)13-9-19)29-30-25(23)27(32)31(26)17-18-6-4-3-5-7-18/h3-15,26H,2,16-17H2,1H3,(H,29,30). The molecule has 0 spiro atoms. The molecule has 1 amide bonds. The lowest BCUT2D eigenvalue weighted by Gasteiger charge is -2.26. The summed E-state index contributed by atoms with van der Waals surface area (Å²) in [6.07, 6.45) is 0.951. The second-order valence-electron chi connectivity index (χ2n) is 8.11. The predicted molar refractivity (Wildman–Crippen MR) is 129 cm³/mol. The van der Waals surface area contributed by atoms with Gasteiger partial charge in [-0.15, -0.1) is 0 Å². The molecule has 1 aliphatic rings. The summed E-state index contributed by atoms with van der Waals surface area (Å²) in [5, 5.41) is 8.19. The molecule has 166 valence electrons. The molecule has 3 aromatic carbocycles. The van der Waals surface area contributed by atoms with Crippen LogP contribution in [0.4, 0.5) is 0 Å². The second kappa shape index (κ2) is 9.12. The van der Waals surface area contributed by atoms with Crippen LogP contribution >= 0.6 is 11.6 Å². The van der Waals surface area contributed by atoms with E-state index in [0.29, 0.717) is 23.9 Å². The van der Waals surface area contributed by atoms with Crippen molar-refractivity contribution in [2.45, 2.75) is 25.9 Å². The highest BCUT2D eigenvalue weighted by molar-refractivity contribution is 6.30. The van der Waals surface area contributed by atoms with Gasteiger partial charge in [-0.1, -0.05) is 73.1 Å². The number of fused-ring (bicyclic) bond motifs is 1. The number of ether oxygens (including phenoxy) is 1. The molecule has 1 N–H and O–H groups in total. The van der Waals surface area contributed by atoms with Gasteiger partial charge in [0.2, 0.25) is 0 Å². The van der Waals surface area contributed by atoms with Gasteiger partial charge in [-0.05, 0) is 41.8 Å². The van der Waals surface area contributed by atoms with E-state index < -0.39 is 0 Å². The summed E-state index contributed by atoms with van der Waals surface area (Å²) >= 11 is 6.10. The van der Waals surface area contributed by atoms with Gasteiger partial charge in [-0.3, -0.25) is 9.89 Å². The van der Waals surface area contributed by atoms with Crippen LogP contribution in [0.1, 0.15) is 46.6 Å². The average molecular weight is 458 g/mol.